The molecule has 16 nitrogen and oxygen atoms in total. The van der Waals surface area contributed by atoms with Gasteiger partial charge in [0.1, 0.15) is 10.6 Å². The first-order valence-electron chi connectivity index (χ1n) is 43.6. The van der Waals surface area contributed by atoms with Crippen molar-refractivity contribution in [2.24, 2.45) is 11.5 Å². The predicted octanol–water partition coefficient (Wildman–Crippen LogP) is 20.1. The highest BCUT2D eigenvalue weighted by molar-refractivity contribution is 7.12. The van der Waals surface area contributed by atoms with Gasteiger partial charge in [-0.15, -0.1) is 22.7 Å². The van der Waals surface area contributed by atoms with E-state index in [1.54, 1.807) is 10.3 Å². The lowest BCUT2D eigenvalue weighted by atomic mass is 9.67. The molecule has 1 unspecified atom stereocenters. The first-order valence-corrected chi connectivity index (χ1v) is 43.8. The number of hydrogen-bond acceptors (Lipinski definition) is 18. The third-order valence-electron chi connectivity index (χ3n) is 27.1. The van der Waals surface area contributed by atoms with Crippen LogP contribution in [0, 0.1) is 29.6 Å². The number of hydrogen-bond donors (Lipinski definition) is 2. The van der Waals surface area contributed by atoms with Crippen molar-refractivity contribution < 1.29 is 37.3 Å². The zero-order valence-corrected chi connectivity index (χ0v) is 67.8. The number of nitrogens with two attached hydrogens (primary N) is 2. The second-order valence-corrected chi connectivity index (χ2v) is 36.1. The van der Waals surface area contributed by atoms with Crippen molar-refractivity contribution in [1.82, 2.24) is 24.9 Å². The van der Waals surface area contributed by atoms with Gasteiger partial charge in [-0.3, -0.25) is 29.7 Å². The van der Waals surface area contributed by atoms with E-state index >= 15 is 0 Å². The van der Waals surface area contributed by atoms with Gasteiger partial charge in [0.2, 0.25) is 0 Å². The molecule has 7 aromatic rings. The van der Waals surface area contributed by atoms with Crippen molar-refractivity contribution in [3.63, 3.8) is 0 Å². The summed E-state index contributed by atoms with van der Waals surface area (Å²) in [5.74, 6) is 0.120. The fourth-order valence-electron chi connectivity index (χ4n) is 21.5. The van der Waals surface area contributed by atoms with Crippen LogP contribution in [0.4, 0.5) is 0 Å². The average Bonchev–Trinajstić information content (AvgIpc) is 1.35. The fraction of sp³-hybridized carbons (Fsp3) is 0.613. The molecule has 0 bridgehead atoms. The number of nitrogens with zero attached hydrogens (tertiary/aromatic N) is 7. The van der Waals surface area contributed by atoms with Crippen LogP contribution in [-0.4, -0.2) is 112 Å². The molecule has 4 N–H and O–H groups in total. The quantitative estimate of drug-likeness (QED) is 0.0600. The van der Waals surface area contributed by atoms with Gasteiger partial charge >= 0.3 is 0 Å². The molecule has 5 saturated heterocycles. The van der Waals surface area contributed by atoms with E-state index in [0.717, 1.165) is 165 Å². The predicted molar refractivity (Wildman–Crippen MR) is 442 cm³/mol. The maximum absolute atomic E-state index is 10.3. The molecule has 5 saturated carbocycles. The monoisotopic (exact) mass is 1550 g/mol. The van der Waals surface area contributed by atoms with Gasteiger partial charge in [0.05, 0.1) is 51.3 Å². The van der Waals surface area contributed by atoms with Crippen LogP contribution in [0.3, 0.4) is 0 Å². The summed E-state index contributed by atoms with van der Waals surface area (Å²) in [6, 6.07) is 39.5. The van der Waals surface area contributed by atoms with Gasteiger partial charge in [-0.2, -0.15) is 10.5 Å². The van der Waals surface area contributed by atoms with Crippen LogP contribution in [-0.2, 0) is 57.2 Å². The molecule has 5 aliphatic heterocycles. The van der Waals surface area contributed by atoms with Gasteiger partial charge < -0.3 is 39.9 Å². The molecular formula is C93H125N9O7S2. The molecule has 5 atom stereocenters. The minimum Gasteiger partial charge on any atom is -0.495 e. The number of pyridine rings is 5. The largest absolute Gasteiger partial charge is 0.495 e. The Hall–Kier alpha value is -6.68. The van der Waals surface area contributed by atoms with Crippen LogP contribution in [0.5, 0.6) is 5.75 Å². The summed E-state index contributed by atoms with van der Waals surface area (Å²) in [6.07, 6.45) is 53.5. The minimum absolute atomic E-state index is 0.0205. The lowest BCUT2D eigenvalue weighted by Gasteiger charge is -2.46. The average molecular weight is 1550 g/mol. The van der Waals surface area contributed by atoms with Crippen molar-refractivity contribution in [2.75, 3.05) is 53.2 Å². The number of aromatic nitrogens is 5. The Bertz CT molecular complexity index is 3940. The van der Waals surface area contributed by atoms with E-state index in [9.17, 15) is 15.3 Å². The Labute approximate surface area is 675 Å². The van der Waals surface area contributed by atoms with Crippen molar-refractivity contribution in [3.8, 4) is 17.9 Å². The third kappa shape index (κ3) is 20.7. The fourth-order valence-corrected chi connectivity index (χ4v) is 23.1. The van der Waals surface area contributed by atoms with Crippen LogP contribution in [0.15, 0.2) is 145 Å². The molecule has 0 aromatic carbocycles. The zero-order valence-electron chi connectivity index (χ0n) is 69.2. The van der Waals surface area contributed by atoms with Crippen molar-refractivity contribution >= 4 is 29.0 Å². The number of carbonyl (C=O) groups excluding carboxylic acids is 1. The molecule has 596 valence electrons. The standard InChI is InChI=1S/C23H31NOS.2C16H24N2O.2C16H20N2O.C6H6O2S/c1-19-10-17-26-20(19)8-2-4-11-22(21-9-3-7-15-24-21)14-16-25-23(18-22)12-5-6-13-23;4*17-10-8-15(14-5-1-4-11-18-14)9-12-19-16(13-15)6-2-3-7-16;1-8-5-2-3-9-6(5)4-7/h3,7,9-10,15,17H,2,4-6,8,11-14,16,18H2,1H3;2*1,4-5,11H,2-3,6-10,12-13,17H2;2*1,4-5,11H,2-3,6-9,12-13H2;2-4H,1H3/t22-;3*15-;;/m1111../s1/i;;;;;1D3. The number of aryl methyl sites for hydroxylation is 2. The topological polar surface area (TPSA) is 237 Å². The highest BCUT2D eigenvalue weighted by Crippen LogP contribution is 2.55. The second-order valence-electron chi connectivity index (χ2n) is 34.2. The normalized spacial score (nSPS) is 27.3. The molecule has 10 fully saturated rings. The number of carbonyl (C=O) groups is 1. The zero-order chi connectivity index (χ0) is 79.8. The summed E-state index contributed by atoms with van der Waals surface area (Å²) in [7, 11) is -2.49. The summed E-state index contributed by atoms with van der Waals surface area (Å²) in [4.78, 5) is 35.4. The van der Waals surface area contributed by atoms with Crippen LogP contribution < -0.4 is 16.2 Å². The maximum Gasteiger partial charge on any atom is 0.163 e. The van der Waals surface area contributed by atoms with Gasteiger partial charge in [-0.25, -0.2) is 0 Å². The van der Waals surface area contributed by atoms with Gasteiger partial charge in [0.25, 0.3) is 0 Å². The number of thiophene rings is 2. The lowest BCUT2D eigenvalue weighted by molar-refractivity contribution is -0.105. The molecule has 111 heavy (non-hydrogen) atoms. The SMILES string of the molecule is Cc1ccsc1CCCC[C@@]1(c2ccccn2)CCOC2(CCCC2)C1.N#CCC1(c2ccccn2)CCOC2(CCCC2)C1.N#CC[C@@]1(c2ccccn2)CCOC2(CCCC2)C1.NCC[C@@]1(c2ccccn2)CCOC2(CCCC2)C1.NCC[C@@]1(c2ccccn2)CCOC2(CCCC2)C1.[2H]C([2H])([2H])Oc1ccsc1C=O. The molecule has 7 aromatic heterocycles. The number of ether oxygens (including phenoxy) is 6. The minimum atomic E-state index is -2.49. The molecule has 0 radical (unpaired) electrons. The van der Waals surface area contributed by atoms with E-state index in [2.05, 4.69) is 104 Å². The summed E-state index contributed by atoms with van der Waals surface area (Å²) >= 11 is 3.06. The summed E-state index contributed by atoms with van der Waals surface area (Å²) in [5, 5.41) is 22.3. The van der Waals surface area contributed by atoms with Gasteiger partial charge in [-0.1, -0.05) is 101 Å². The van der Waals surface area contributed by atoms with Crippen LogP contribution in [0.1, 0.15) is 290 Å². The number of methoxy groups -OCH3 is 1. The molecular weight excluding hydrogens is 1420 g/mol. The number of aldehydes is 1. The molecule has 10 aliphatic rings. The second kappa shape index (κ2) is 39.6. The van der Waals surface area contributed by atoms with Crippen LogP contribution in [0.25, 0.3) is 0 Å². The Morgan fingerprint density at radius 1 is 0.432 bits per heavy atom. The van der Waals surface area contributed by atoms with Crippen LogP contribution >= 0.6 is 22.7 Å². The molecule has 5 spiro atoms. The van der Waals surface area contributed by atoms with Crippen molar-refractivity contribution in [2.45, 2.75) is 306 Å². The van der Waals surface area contributed by atoms with E-state index in [1.807, 2.05) is 84.8 Å². The van der Waals surface area contributed by atoms with Gasteiger partial charge in [0.15, 0.2) is 6.29 Å². The number of rotatable bonds is 18. The Balaban J connectivity index is 0.000000128. The van der Waals surface area contributed by atoms with Crippen LogP contribution in [0.2, 0.25) is 0 Å². The van der Waals surface area contributed by atoms with E-state index in [0.29, 0.717) is 24.0 Å². The maximum atomic E-state index is 10.3. The molecule has 0 amide bonds. The summed E-state index contributed by atoms with van der Waals surface area (Å²) < 4.78 is 55.8. The smallest absolute Gasteiger partial charge is 0.163 e. The molecule has 12 heterocycles. The van der Waals surface area contributed by atoms with E-state index in [-0.39, 0.29) is 60.8 Å². The Morgan fingerprint density at radius 3 is 1.04 bits per heavy atom. The van der Waals surface area contributed by atoms with Crippen molar-refractivity contribution in [3.05, 3.63) is 189 Å². The number of nitriles is 2. The summed E-state index contributed by atoms with van der Waals surface area (Å²) in [6.45, 7) is 7.84. The Morgan fingerprint density at radius 2 is 0.748 bits per heavy atom. The van der Waals surface area contributed by atoms with Crippen molar-refractivity contribution in [1.29, 1.82) is 10.5 Å². The van der Waals surface area contributed by atoms with Gasteiger partial charge in [-0.05, 0) is 270 Å². The third-order valence-corrected chi connectivity index (χ3v) is 29.0. The molecule has 5 aliphatic carbocycles. The first-order chi connectivity index (χ1) is 55.4. The molecule has 18 heteroatoms. The molecule has 17 rings (SSSR count). The highest BCUT2D eigenvalue weighted by atomic mass is 32.1. The van der Waals surface area contributed by atoms with E-state index in [4.69, 9.17) is 44.2 Å². The van der Waals surface area contributed by atoms with Gasteiger partial charge in [0, 0.05) is 137 Å². The Kier molecular flexibility index (Phi) is 28.4. The summed E-state index contributed by atoms with van der Waals surface area (Å²) in [5.41, 5.74) is 19.9. The highest BCUT2D eigenvalue weighted by Gasteiger charge is 2.53. The number of unbranched alkanes of at least 4 members (excludes halogenated alkanes) is 1. The lowest BCUT2D eigenvalue weighted by Crippen LogP contribution is -2.47. The first kappa shape index (κ1) is 79.5. The van der Waals surface area contributed by atoms with E-state index < -0.39 is 7.04 Å². The van der Waals surface area contributed by atoms with E-state index in [1.165, 1.54) is 164 Å².